The Balaban J connectivity index is 1.64. The van der Waals surface area contributed by atoms with E-state index in [4.69, 9.17) is 4.74 Å². The molecule has 0 unspecified atom stereocenters. The number of hydrogen-bond donors (Lipinski definition) is 0. The lowest BCUT2D eigenvalue weighted by Crippen LogP contribution is -2.37. The van der Waals surface area contributed by atoms with E-state index in [0.29, 0.717) is 18.7 Å². The summed E-state index contributed by atoms with van der Waals surface area (Å²) in [5.41, 5.74) is 1.73. The molecule has 1 amide bonds. The van der Waals surface area contributed by atoms with Gasteiger partial charge in [-0.2, -0.15) is 0 Å². The van der Waals surface area contributed by atoms with Crippen LogP contribution in [-0.2, 0) is 16.0 Å². The smallest absolute Gasteiger partial charge is 0.233 e. The molecule has 0 N–H and O–H groups in total. The zero-order chi connectivity index (χ0) is 15.6. The van der Waals surface area contributed by atoms with Crippen molar-refractivity contribution in [3.8, 4) is 0 Å². The second-order valence-electron chi connectivity index (χ2n) is 5.57. The summed E-state index contributed by atoms with van der Waals surface area (Å²) in [6.07, 6.45) is 6.13. The molecule has 7 heteroatoms. The van der Waals surface area contributed by atoms with Gasteiger partial charge in [-0.05, 0) is 18.6 Å². The maximum absolute atomic E-state index is 12.4. The Morgan fingerprint density at radius 2 is 1.91 bits per heavy atom. The number of amides is 1. The van der Waals surface area contributed by atoms with Crippen molar-refractivity contribution < 1.29 is 9.53 Å². The quantitative estimate of drug-likeness (QED) is 0.833. The fourth-order valence-corrected chi connectivity index (χ4v) is 2.96. The van der Waals surface area contributed by atoms with Gasteiger partial charge in [0.15, 0.2) is 0 Å². The van der Waals surface area contributed by atoms with Crippen LogP contribution < -0.4 is 9.80 Å². The van der Waals surface area contributed by atoms with Crippen LogP contribution >= 0.6 is 0 Å². The van der Waals surface area contributed by atoms with E-state index in [9.17, 15) is 4.79 Å². The molecule has 4 heterocycles. The lowest BCUT2D eigenvalue weighted by atomic mass is 10.1. The van der Waals surface area contributed by atoms with Crippen LogP contribution in [0.5, 0.6) is 0 Å². The molecular weight excluding hydrogens is 294 g/mol. The highest BCUT2D eigenvalue weighted by molar-refractivity contribution is 6.01. The molecule has 2 aromatic rings. The zero-order valence-corrected chi connectivity index (χ0v) is 12.7. The molecular formula is C16H17N5O2. The van der Waals surface area contributed by atoms with Crippen molar-refractivity contribution in [1.82, 2.24) is 15.0 Å². The molecule has 0 saturated carbocycles. The summed E-state index contributed by atoms with van der Waals surface area (Å²) >= 11 is 0. The molecule has 0 aliphatic carbocycles. The first kappa shape index (κ1) is 14.1. The Kier molecular flexibility index (Phi) is 3.63. The lowest BCUT2D eigenvalue weighted by Gasteiger charge is -2.29. The second-order valence-corrected chi connectivity index (χ2v) is 5.57. The van der Waals surface area contributed by atoms with Crippen LogP contribution in [0.4, 0.5) is 17.3 Å². The summed E-state index contributed by atoms with van der Waals surface area (Å²) in [5.74, 6) is 1.61. The van der Waals surface area contributed by atoms with Gasteiger partial charge in [-0.25, -0.2) is 15.0 Å². The van der Waals surface area contributed by atoms with Crippen molar-refractivity contribution >= 4 is 23.2 Å². The zero-order valence-electron chi connectivity index (χ0n) is 12.7. The van der Waals surface area contributed by atoms with Crippen molar-refractivity contribution in [1.29, 1.82) is 0 Å². The Morgan fingerprint density at radius 3 is 2.70 bits per heavy atom. The van der Waals surface area contributed by atoms with Gasteiger partial charge in [0.1, 0.15) is 18.0 Å². The average molecular weight is 311 g/mol. The number of fused-ring (bicyclic) bond motifs is 1. The van der Waals surface area contributed by atoms with Gasteiger partial charge in [0.25, 0.3) is 0 Å². The number of pyridine rings is 1. The molecule has 7 nitrogen and oxygen atoms in total. The van der Waals surface area contributed by atoms with Crippen molar-refractivity contribution in [3.63, 3.8) is 0 Å². The van der Waals surface area contributed by atoms with Crippen molar-refractivity contribution in [2.75, 3.05) is 36.1 Å². The number of hydrogen-bond acceptors (Lipinski definition) is 6. The normalized spacial score (nSPS) is 18.0. The highest BCUT2D eigenvalue weighted by atomic mass is 16.5. The number of nitrogens with zero attached hydrogens (tertiary/aromatic N) is 5. The summed E-state index contributed by atoms with van der Waals surface area (Å²) in [4.78, 5) is 29.0. The average Bonchev–Trinajstić information content (AvgIpc) is 2.63. The topological polar surface area (TPSA) is 71.5 Å². The number of rotatable bonds is 2. The minimum atomic E-state index is 0.0390. The van der Waals surface area contributed by atoms with E-state index in [1.54, 1.807) is 17.3 Å². The summed E-state index contributed by atoms with van der Waals surface area (Å²) < 4.78 is 5.36. The van der Waals surface area contributed by atoms with Crippen LogP contribution in [0.25, 0.3) is 0 Å². The first-order chi connectivity index (χ1) is 11.3. The summed E-state index contributed by atoms with van der Waals surface area (Å²) in [6.45, 7) is 3.12. The minimum Gasteiger partial charge on any atom is -0.378 e. The number of carbonyl (C=O) groups excluding carboxylic acids is 1. The number of aromatic nitrogens is 3. The third-order valence-corrected chi connectivity index (χ3v) is 4.16. The molecule has 4 rings (SSSR count). The third kappa shape index (κ3) is 2.63. The van der Waals surface area contributed by atoms with E-state index in [1.165, 1.54) is 6.33 Å². The molecule has 2 aromatic heterocycles. The molecule has 1 fully saturated rings. The highest BCUT2D eigenvalue weighted by Crippen LogP contribution is 2.32. The van der Waals surface area contributed by atoms with E-state index in [2.05, 4.69) is 19.9 Å². The molecule has 0 atom stereocenters. The number of carbonyl (C=O) groups is 1. The van der Waals surface area contributed by atoms with Crippen LogP contribution in [0.3, 0.4) is 0 Å². The predicted molar refractivity (Wildman–Crippen MR) is 84.8 cm³/mol. The summed E-state index contributed by atoms with van der Waals surface area (Å²) in [5, 5.41) is 0. The molecule has 0 aromatic carbocycles. The van der Waals surface area contributed by atoms with Gasteiger partial charge in [0, 0.05) is 31.3 Å². The maximum Gasteiger partial charge on any atom is 0.233 e. The predicted octanol–water partition coefficient (Wildman–Crippen LogP) is 1.32. The number of ether oxygens (including phenoxy) is 1. The standard InChI is InChI=1S/C16H17N5O2/c22-15-4-1-12-9-17-11-19-16(12)21(15)13-2-3-14(18-10-13)20-5-7-23-8-6-20/h2-3,9-11H,1,4-8H2. The van der Waals surface area contributed by atoms with E-state index in [0.717, 1.165) is 43.4 Å². The third-order valence-electron chi connectivity index (χ3n) is 4.16. The van der Waals surface area contributed by atoms with Crippen LogP contribution in [0.2, 0.25) is 0 Å². The van der Waals surface area contributed by atoms with E-state index >= 15 is 0 Å². The molecule has 2 aliphatic heterocycles. The second kappa shape index (κ2) is 5.92. The van der Waals surface area contributed by atoms with E-state index < -0.39 is 0 Å². The van der Waals surface area contributed by atoms with Crippen LogP contribution in [0.1, 0.15) is 12.0 Å². The van der Waals surface area contributed by atoms with E-state index in [-0.39, 0.29) is 5.91 Å². The van der Waals surface area contributed by atoms with Gasteiger partial charge >= 0.3 is 0 Å². The highest BCUT2D eigenvalue weighted by Gasteiger charge is 2.27. The monoisotopic (exact) mass is 311 g/mol. The first-order valence-corrected chi connectivity index (χ1v) is 7.73. The molecule has 0 spiro atoms. The van der Waals surface area contributed by atoms with Crippen LogP contribution in [-0.4, -0.2) is 47.2 Å². The van der Waals surface area contributed by atoms with Crippen LogP contribution in [0.15, 0.2) is 30.9 Å². The SMILES string of the molecule is O=C1CCc2cncnc2N1c1ccc(N2CCOCC2)nc1. The molecule has 0 radical (unpaired) electrons. The largest absolute Gasteiger partial charge is 0.378 e. The van der Waals surface area contributed by atoms with Crippen molar-refractivity contribution in [2.24, 2.45) is 0 Å². The number of morpholine rings is 1. The fraction of sp³-hybridized carbons (Fsp3) is 0.375. The van der Waals surface area contributed by atoms with E-state index in [1.807, 2.05) is 12.1 Å². The van der Waals surface area contributed by atoms with Crippen LogP contribution in [0, 0.1) is 0 Å². The first-order valence-electron chi connectivity index (χ1n) is 7.73. The summed E-state index contributed by atoms with van der Waals surface area (Å²) in [7, 11) is 0. The molecule has 2 aliphatic rings. The van der Waals surface area contributed by atoms with Gasteiger partial charge < -0.3 is 9.64 Å². The maximum atomic E-state index is 12.4. The molecule has 1 saturated heterocycles. The lowest BCUT2D eigenvalue weighted by molar-refractivity contribution is -0.118. The summed E-state index contributed by atoms with van der Waals surface area (Å²) in [6, 6.07) is 3.87. The Bertz CT molecular complexity index is 713. The Labute approximate surface area is 133 Å². The number of aryl methyl sites for hydroxylation is 1. The Morgan fingerprint density at radius 1 is 1.04 bits per heavy atom. The van der Waals surface area contributed by atoms with Gasteiger partial charge in [0.05, 0.1) is 25.1 Å². The number of anilines is 3. The van der Waals surface area contributed by atoms with Gasteiger partial charge in [0.2, 0.25) is 5.91 Å². The van der Waals surface area contributed by atoms with Crippen molar-refractivity contribution in [2.45, 2.75) is 12.8 Å². The molecule has 0 bridgehead atoms. The molecule has 23 heavy (non-hydrogen) atoms. The van der Waals surface area contributed by atoms with Crippen molar-refractivity contribution in [3.05, 3.63) is 36.4 Å². The minimum absolute atomic E-state index is 0.0390. The fourth-order valence-electron chi connectivity index (χ4n) is 2.96. The Hall–Kier alpha value is -2.54. The van der Waals surface area contributed by atoms with Gasteiger partial charge in [-0.3, -0.25) is 9.69 Å². The van der Waals surface area contributed by atoms with Gasteiger partial charge in [-0.15, -0.1) is 0 Å². The molecule has 118 valence electrons. The van der Waals surface area contributed by atoms with Gasteiger partial charge in [-0.1, -0.05) is 0 Å².